The molecule has 2 atom stereocenters. The number of carboxylic acids is 1. The minimum Gasteiger partial charge on any atom is -0.477 e. The Morgan fingerprint density at radius 3 is 2.67 bits per heavy atom. The van der Waals surface area contributed by atoms with E-state index in [0.717, 1.165) is 17.7 Å². The third kappa shape index (κ3) is 3.97. The number of rotatable bonds is 4. The summed E-state index contributed by atoms with van der Waals surface area (Å²) in [5, 5.41) is 8.91. The molecule has 5 nitrogen and oxygen atoms in total. The van der Waals surface area contributed by atoms with E-state index < -0.39 is 5.97 Å². The first-order chi connectivity index (χ1) is 9.99. The van der Waals surface area contributed by atoms with Crippen molar-refractivity contribution in [3.05, 3.63) is 24.0 Å². The van der Waals surface area contributed by atoms with Gasteiger partial charge in [-0.2, -0.15) is 0 Å². The zero-order valence-electron chi connectivity index (χ0n) is 12.3. The molecule has 1 saturated heterocycles. The van der Waals surface area contributed by atoms with E-state index in [1.807, 2.05) is 4.90 Å². The third-order valence-electron chi connectivity index (χ3n) is 3.79. The van der Waals surface area contributed by atoms with Crippen LogP contribution in [0.3, 0.4) is 0 Å². The standard InChI is InChI=1S/C15H20N2O3S/c1-10-4-3-5-11(2)17(10)14(18)9-21-12-6-7-16-13(8-12)15(19)20/h6-8,10-11H,3-5,9H2,1-2H3,(H,19,20). The number of carbonyl (C=O) groups excluding carboxylic acids is 1. The quantitative estimate of drug-likeness (QED) is 0.866. The Morgan fingerprint density at radius 2 is 2.05 bits per heavy atom. The first-order valence-electron chi connectivity index (χ1n) is 7.12. The lowest BCUT2D eigenvalue weighted by molar-refractivity contribution is -0.134. The van der Waals surface area contributed by atoms with Gasteiger partial charge >= 0.3 is 5.97 Å². The fourth-order valence-corrected chi connectivity index (χ4v) is 3.54. The van der Waals surface area contributed by atoms with E-state index in [4.69, 9.17) is 5.11 Å². The van der Waals surface area contributed by atoms with Crippen molar-refractivity contribution in [1.29, 1.82) is 0 Å². The molecule has 1 aromatic heterocycles. The van der Waals surface area contributed by atoms with Crippen molar-refractivity contribution >= 4 is 23.6 Å². The second-order valence-electron chi connectivity index (χ2n) is 5.40. The van der Waals surface area contributed by atoms with Crippen LogP contribution in [0.5, 0.6) is 0 Å². The van der Waals surface area contributed by atoms with E-state index in [0.29, 0.717) is 5.75 Å². The van der Waals surface area contributed by atoms with Gasteiger partial charge in [0, 0.05) is 23.2 Å². The second kappa shape index (κ2) is 6.93. The van der Waals surface area contributed by atoms with Crippen LogP contribution in [-0.2, 0) is 4.79 Å². The van der Waals surface area contributed by atoms with Gasteiger partial charge in [-0.3, -0.25) is 4.79 Å². The summed E-state index contributed by atoms with van der Waals surface area (Å²) in [6.07, 6.45) is 4.74. The molecule has 1 aromatic rings. The number of pyridine rings is 1. The largest absolute Gasteiger partial charge is 0.477 e. The van der Waals surface area contributed by atoms with Gasteiger partial charge in [0.25, 0.3) is 0 Å². The summed E-state index contributed by atoms with van der Waals surface area (Å²) in [5.74, 6) is -0.604. The van der Waals surface area contributed by atoms with Crippen molar-refractivity contribution in [2.24, 2.45) is 0 Å². The number of aromatic carboxylic acids is 1. The van der Waals surface area contributed by atoms with Crippen LogP contribution in [0, 0.1) is 0 Å². The van der Waals surface area contributed by atoms with E-state index >= 15 is 0 Å². The minimum absolute atomic E-state index is 0.00663. The highest BCUT2D eigenvalue weighted by Crippen LogP contribution is 2.25. The van der Waals surface area contributed by atoms with Crippen LogP contribution in [0.15, 0.2) is 23.2 Å². The summed E-state index contributed by atoms with van der Waals surface area (Å²) < 4.78 is 0. The second-order valence-corrected chi connectivity index (χ2v) is 6.45. The van der Waals surface area contributed by atoms with Crippen LogP contribution in [0.1, 0.15) is 43.6 Å². The molecule has 1 aliphatic heterocycles. The number of likely N-dealkylation sites (tertiary alicyclic amines) is 1. The summed E-state index contributed by atoms with van der Waals surface area (Å²) in [5.41, 5.74) is 0.00663. The number of aromatic nitrogens is 1. The molecule has 2 unspecified atom stereocenters. The number of hydrogen-bond donors (Lipinski definition) is 1. The van der Waals surface area contributed by atoms with Crippen LogP contribution in [0.2, 0.25) is 0 Å². The summed E-state index contributed by atoms with van der Waals surface area (Å²) in [4.78, 5) is 29.8. The van der Waals surface area contributed by atoms with Crippen molar-refractivity contribution in [3.63, 3.8) is 0 Å². The fraction of sp³-hybridized carbons (Fsp3) is 0.533. The average Bonchev–Trinajstić information content (AvgIpc) is 2.45. The topological polar surface area (TPSA) is 70.5 Å². The zero-order chi connectivity index (χ0) is 15.4. The fourth-order valence-electron chi connectivity index (χ4n) is 2.75. The van der Waals surface area contributed by atoms with Crippen LogP contribution >= 0.6 is 11.8 Å². The monoisotopic (exact) mass is 308 g/mol. The van der Waals surface area contributed by atoms with Gasteiger partial charge in [0.2, 0.25) is 5.91 Å². The number of carbonyl (C=O) groups is 2. The van der Waals surface area contributed by atoms with E-state index in [1.54, 1.807) is 6.07 Å². The Labute approximate surface area is 128 Å². The molecule has 2 rings (SSSR count). The van der Waals surface area contributed by atoms with Gasteiger partial charge in [-0.05, 0) is 45.2 Å². The number of amides is 1. The number of hydrogen-bond acceptors (Lipinski definition) is 4. The smallest absolute Gasteiger partial charge is 0.354 e. The van der Waals surface area contributed by atoms with Crippen LogP contribution in [0.25, 0.3) is 0 Å². The van der Waals surface area contributed by atoms with E-state index in [1.165, 1.54) is 30.4 Å². The lowest BCUT2D eigenvalue weighted by Gasteiger charge is -2.39. The number of piperidine rings is 1. The average molecular weight is 308 g/mol. The molecule has 1 N–H and O–H groups in total. The maximum Gasteiger partial charge on any atom is 0.354 e. The molecule has 2 heterocycles. The molecule has 114 valence electrons. The Morgan fingerprint density at radius 1 is 1.38 bits per heavy atom. The summed E-state index contributed by atoms with van der Waals surface area (Å²) in [6, 6.07) is 3.80. The Bertz CT molecular complexity index is 525. The molecule has 1 amide bonds. The van der Waals surface area contributed by atoms with E-state index in [2.05, 4.69) is 18.8 Å². The Balaban J connectivity index is 1.97. The molecule has 0 aliphatic carbocycles. The molecule has 21 heavy (non-hydrogen) atoms. The molecule has 0 radical (unpaired) electrons. The maximum atomic E-state index is 12.4. The highest BCUT2D eigenvalue weighted by atomic mass is 32.2. The van der Waals surface area contributed by atoms with Gasteiger partial charge in [-0.25, -0.2) is 9.78 Å². The maximum absolute atomic E-state index is 12.4. The van der Waals surface area contributed by atoms with Gasteiger partial charge in [0.15, 0.2) is 0 Å². The molecule has 0 bridgehead atoms. The van der Waals surface area contributed by atoms with Crippen molar-refractivity contribution in [2.45, 2.75) is 50.1 Å². The number of nitrogens with zero attached hydrogens (tertiary/aromatic N) is 2. The Hall–Kier alpha value is -1.56. The lowest BCUT2D eigenvalue weighted by Crippen LogP contribution is -2.48. The van der Waals surface area contributed by atoms with Crippen molar-refractivity contribution in [3.8, 4) is 0 Å². The van der Waals surface area contributed by atoms with Crippen molar-refractivity contribution < 1.29 is 14.7 Å². The molecular formula is C15H20N2O3S. The lowest BCUT2D eigenvalue weighted by atomic mass is 9.98. The van der Waals surface area contributed by atoms with Crippen LogP contribution in [-0.4, -0.2) is 44.7 Å². The third-order valence-corrected chi connectivity index (χ3v) is 4.77. The van der Waals surface area contributed by atoms with E-state index in [-0.39, 0.29) is 23.7 Å². The summed E-state index contributed by atoms with van der Waals surface area (Å²) in [7, 11) is 0. The SMILES string of the molecule is CC1CCCC(C)N1C(=O)CSc1ccnc(C(=O)O)c1. The summed E-state index contributed by atoms with van der Waals surface area (Å²) in [6.45, 7) is 4.18. The molecule has 1 aliphatic rings. The first-order valence-corrected chi connectivity index (χ1v) is 8.11. The predicted octanol–water partition coefficient (Wildman–Crippen LogP) is 2.66. The predicted molar refractivity (Wildman–Crippen MR) is 81.5 cm³/mol. The number of carboxylic acid groups (broad SMARTS) is 1. The van der Waals surface area contributed by atoms with Gasteiger partial charge in [-0.1, -0.05) is 0 Å². The van der Waals surface area contributed by atoms with E-state index in [9.17, 15) is 9.59 Å². The molecule has 0 saturated carbocycles. The van der Waals surface area contributed by atoms with Crippen molar-refractivity contribution in [2.75, 3.05) is 5.75 Å². The van der Waals surface area contributed by atoms with Gasteiger partial charge in [0.1, 0.15) is 5.69 Å². The highest BCUT2D eigenvalue weighted by Gasteiger charge is 2.28. The van der Waals surface area contributed by atoms with Gasteiger partial charge in [0.05, 0.1) is 5.75 Å². The molecule has 6 heteroatoms. The summed E-state index contributed by atoms with van der Waals surface area (Å²) >= 11 is 1.36. The molecule has 1 fully saturated rings. The van der Waals surface area contributed by atoms with Crippen molar-refractivity contribution in [1.82, 2.24) is 9.88 Å². The molecular weight excluding hydrogens is 288 g/mol. The minimum atomic E-state index is -1.05. The molecule has 0 spiro atoms. The van der Waals surface area contributed by atoms with Crippen LogP contribution in [0.4, 0.5) is 0 Å². The first kappa shape index (κ1) is 15.8. The molecule has 0 aromatic carbocycles. The Kier molecular flexibility index (Phi) is 5.22. The van der Waals surface area contributed by atoms with Gasteiger partial charge < -0.3 is 10.0 Å². The number of thioether (sulfide) groups is 1. The van der Waals surface area contributed by atoms with Crippen LogP contribution < -0.4 is 0 Å². The van der Waals surface area contributed by atoms with Gasteiger partial charge in [-0.15, -0.1) is 11.8 Å². The zero-order valence-corrected chi connectivity index (χ0v) is 13.1. The highest BCUT2D eigenvalue weighted by molar-refractivity contribution is 8.00. The normalized spacial score (nSPS) is 22.1.